The molecule has 0 aromatic carbocycles. The van der Waals surface area contributed by atoms with Crippen molar-refractivity contribution in [2.45, 2.75) is 13.3 Å². The van der Waals surface area contributed by atoms with Crippen LogP contribution >= 0.6 is 0 Å². The van der Waals surface area contributed by atoms with Gasteiger partial charge in [0, 0.05) is 31.8 Å². The van der Waals surface area contributed by atoms with Gasteiger partial charge >= 0.3 is 0 Å². The summed E-state index contributed by atoms with van der Waals surface area (Å²) < 4.78 is 0. The lowest BCUT2D eigenvalue weighted by Gasteiger charge is -2.16. The predicted molar refractivity (Wildman–Crippen MR) is 60.1 cm³/mol. The van der Waals surface area contributed by atoms with E-state index in [-0.39, 0.29) is 18.4 Å². The third-order valence-electron chi connectivity index (χ3n) is 3.04. The number of amides is 1. The summed E-state index contributed by atoms with van der Waals surface area (Å²) >= 11 is 0. The molecule has 0 saturated carbocycles. The van der Waals surface area contributed by atoms with Crippen LogP contribution < -0.4 is 0 Å². The summed E-state index contributed by atoms with van der Waals surface area (Å²) in [5, 5.41) is 9.04. The van der Waals surface area contributed by atoms with Crippen molar-refractivity contribution in [3.63, 3.8) is 0 Å². The number of nitrogens with zero attached hydrogens (tertiary/aromatic N) is 2. The van der Waals surface area contributed by atoms with Gasteiger partial charge in [0.1, 0.15) is 5.69 Å². The van der Waals surface area contributed by atoms with E-state index < -0.39 is 0 Å². The van der Waals surface area contributed by atoms with E-state index in [0.717, 1.165) is 18.5 Å². The molecule has 4 nitrogen and oxygen atoms in total. The van der Waals surface area contributed by atoms with Crippen LogP contribution in [0.3, 0.4) is 0 Å². The van der Waals surface area contributed by atoms with Gasteiger partial charge in [-0.25, -0.2) is 0 Å². The van der Waals surface area contributed by atoms with Crippen LogP contribution in [0.15, 0.2) is 18.3 Å². The van der Waals surface area contributed by atoms with Crippen LogP contribution in [0, 0.1) is 12.8 Å². The van der Waals surface area contributed by atoms with Crippen molar-refractivity contribution in [3.05, 3.63) is 29.6 Å². The number of aryl methyl sites for hydroxylation is 1. The first-order valence-corrected chi connectivity index (χ1v) is 5.54. The van der Waals surface area contributed by atoms with Crippen LogP contribution in [-0.4, -0.2) is 40.6 Å². The van der Waals surface area contributed by atoms with Crippen molar-refractivity contribution in [2.75, 3.05) is 19.7 Å². The maximum Gasteiger partial charge on any atom is 0.272 e. The first-order chi connectivity index (χ1) is 7.72. The summed E-state index contributed by atoms with van der Waals surface area (Å²) in [6, 6.07) is 3.71. The highest BCUT2D eigenvalue weighted by Crippen LogP contribution is 2.18. The molecule has 0 spiro atoms. The summed E-state index contributed by atoms with van der Waals surface area (Å²) in [6.07, 6.45) is 2.52. The molecule has 1 aromatic heterocycles. The molecule has 1 atom stereocenters. The minimum absolute atomic E-state index is 0.0194. The molecule has 16 heavy (non-hydrogen) atoms. The molecule has 1 aliphatic rings. The number of carbonyl (C=O) groups excluding carboxylic acids is 1. The smallest absolute Gasteiger partial charge is 0.272 e. The number of hydrogen-bond acceptors (Lipinski definition) is 3. The van der Waals surface area contributed by atoms with E-state index in [1.54, 1.807) is 11.1 Å². The highest BCUT2D eigenvalue weighted by molar-refractivity contribution is 5.93. The van der Waals surface area contributed by atoms with E-state index in [2.05, 4.69) is 4.98 Å². The zero-order valence-corrected chi connectivity index (χ0v) is 9.39. The standard InChI is InChI=1S/C12H16N2O2/c1-9-3-2-5-13-11(9)12(16)14-6-4-10(7-14)8-15/h2-3,5,10,15H,4,6-8H2,1H3. The Balaban J connectivity index is 2.12. The molecule has 86 valence electrons. The summed E-state index contributed by atoms with van der Waals surface area (Å²) in [5.74, 6) is 0.210. The second-order valence-electron chi connectivity index (χ2n) is 4.26. The molecule has 0 radical (unpaired) electrons. The van der Waals surface area contributed by atoms with Gasteiger partial charge < -0.3 is 10.0 Å². The molecule has 0 aliphatic carbocycles. The highest BCUT2D eigenvalue weighted by Gasteiger charge is 2.27. The van der Waals surface area contributed by atoms with Gasteiger partial charge in [-0.3, -0.25) is 9.78 Å². The molecule has 4 heteroatoms. The molecule has 1 unspecified atom stereocenters. The van der Waals surface area contributed by atoms with E-state index in [1.165, 1.54) is 0 Å². The van der Waals surface area contributed by atoms with E-state index in [4.69, 9.17) is 5.11 Å². The Labute approximate surface area is 94.9 Å². The van der Waals surface area contributed by atoms with E-state index in [1.807, 2.05) is 19.1 Å². The monoisotopic (exact) mass is 220 g/mol. The molecule has 1 N–H and O–H groups in total. The predicted octanol–water partition coefficient (Wildman–Crippen LogP) is 0.844. The van der Waals surface area contributed by atoms with Crippen molar-refractivity contribution < 1.29 is 9.90 Å². The first-order valence-electron chi connectivity index (χ1n) is 5.54. The second-order valence-corrected chi connectivity index (χ2v) is 4.26. The third kappa shape index (κ3) is 2.07. The number of rotatable bonds is 2. The van der Waals surface area contributed by atoms with Crippen LogP contribution in [0.5, 0.6) is 0 Å². The van der Waals surface area contributed by atoms with Crippen LogP contribution in [0.1, 0.15) is 22.5 Å². The number of pyridine rings is 1. The molecular formula is C12H16N2O2. The Morgan fingerprint density at radius 3 is 3.12 bits per heavy atom. The molecule has 1 fully saturated rings. The summed E-state index contributed by atoms with van der Waals surface area (Å²) in [4.78, 5) is 18.0. The molecule has 1 saturated heterocycles. The van der Waals surface area contributed by atoms with Crippen molar-refractivity contribution in [1.29, 1.82) is 0 Å². The van der Waals surface area contributed by atoms with Crippen LogP contribution in [0.2, 0.25) is 0 Å². The van der Waals surface area contributed by atoms with E-state index >= 15 is 0 Å². The minimum Gasteiger partial charge on any atom is -0.396 e. The van der Waals surface area contributed by atoms with Crippen molar-refractivity contribution >= 4 is 5.91 Å². The van der Waals surface area contributed by atoms with Gasteiger partial charge in [0.05, 0.1) is 0 Å². The fourth-order valence-electron chi connectivity index (χ4n) is 2.03. The topological polar surface area (TPSA) is 53.4 Å². The number of aliphatic hydroxyl groups excluding tert-OH is 1. The van der Waals surface area contributed by atoms with Gasteiger partial charge in [-0.05, 0) is 25.0 Å². The van der Waals surface area contributed by atoms with E-state index in [0.29, 0.717) is 12.2 Å². The average Bonchev–Trinajstić information content (AvgIpc) is 2.77. The van der Waals surface area contributed by atoms with Crippen LogP contribution in [0.4, 0.5) is 0 Å². The lowest BCUT2D eigenvalue weighted by atomic mass is 10.1. The summed E-state index contributed by atoms with van der Waals surface area (Å²) in [6.45, 7) is 3.41. The number of carbonyl (C=O) groups is 1. The largest absolute Gasteiger partial charge is 0.396 e. The normalized spacial score (nSPS) is 20.1. The van der Waals surface area contributed by atoms with Crippen LogP contribution in [0.25, 0.3) is 0 Å². The summed E-state index contributed by atoms with van der Waals surface area (Å²) in [7, 11) is 0. The zero-order chi connectivity index (χ0) is 11.5. The lowest BCUT2D eigenvalue weighted by molar-refractivity contribution is 0.0775. The molecule has 1 amide bonds. The average molecular weight is 220 g/mol. The van der Waals surface area contributed by atoms with Crippen LogP contribution in [-0.2, 0) is 0 Å². The molecule has 2 rings (SSSR count). The molecule has 0 bridgehead atoms. The zero-order valence-electron chi connectivity index (χ0n) is 9.39. The van der Waals surface area contributed by atoms with Gasteiger partial charge in [0.2, 0.25) is 0 Å². The molecule has 1 aliphatic heterocycles. The second kappa shape index (κ2) is 4.61. The lowest BCUT2D eigenvalue weighted by Crippen LogP contribution is -2.30. The third-order valence-corrected chi connectivity index (χ3v) is 3.04. The van der Waals surface area contributed by atoms with Gasteiger partial charge in [-0.2, -0.15) is 0 Å². The summed E-state index contributed by atoms with van der Waals surface area (Å²) in [5.41, 5.74) is 1.43. The van der Waals surface area contributed by atoms with Gasteiger partial charge in [0.15, 0.2) is 0 Å². The Kier molecular flexibility index (Phi) is 3.19. The van der Waals surface area contributed by atoms with Gasteiger partial charge in [0.25, 0.3) is 5.91 Å². The number of likely N-dealkylation sites (tertiary alicyclic amines) is 1. The Bertz CT molecular complexity index is 392. The quantitative estimate of drug-likeness (QED) is 0.803. The van der Waals surface area contributed by atoms with Crippen molar-refractivity contribution in [3.8, 4) is 0 Å². The maximum atomic E-state index is 12.1. The molecular weight excluding hydrogens is 204 g/mol. The number of aromatic nitrogens is 1. The Hall–Kier alpha value is -1.42. The maximum absolute atomic E-state index is 12.1. The fraction of sp³-hybridized carbons (Fsp3) is 0.500. The van der Waals surface area contributed by atoms with Crippen molar-refractivity contribution in [1.82, 2.24) is 9.88 Å². The fourth-order valence-corrected chi connectivity index (χ4v) is 2.03. The SMILES string of the molecule is Cc1cccnc1C(=O)N1CCC(CO)C1. The van der Waals surface area contributed by atoms with Gasteiger partial charge in [-0.15, -0.1) is 0 Å². The highest BCUT2D eigenvalue weighted by atomic mass is 16.3. The van der Waals surface area contributed by atoms with Gasteiger partial charge in [-0.1, -0.05) is 6.07 Å². The first kappa shape index (κ1) is 11.1. The minimum atomic E-state index is -0.0194. The Morgan fingerprint density at radius 1 is 1.69 bits per heavy atom. The van der Waals surface area contributed by atoms with E-state index in [9.17, 15) is 4.79 Å². The molecule has 2 heterocycles. The van der Waals surface area contributed by atoms with Crippen molar-refractivity contribution in [2.24, 2.45) is 5.92 Å². The number of hydrogen-bond donors (Lipinski definition) is 1. The Morgan fingerprint density at radius 2 is 2.50 bits per heavy atom. The molecule has 1 aromatic rings. The number of aliphatic hydroxyl groups is 1.